The standard InChI is InChI=1S/C15H30N2O/c1-7-8-12-16-13(11(2)3)14(18)17(12)10-9-15(4,5)6/h11-13,16H,7-10H2,1-6H3. The van der Waals surface area contributed by atoms with Crippen LogP contribution in [0.5, 0.6) is 0 Å². The van der Waals surface area contributed by atoms with Gasteiger partial charge in [0.2, 0.25) is 5.91 Å². The van der Waals surface area contributed by atoms with Crippen molar-refractivity contribution in [2.45, 2.75) is 73.0 Å². The third kappa shape index (κ3) is 3.98. The first-order valence-electron chi connectivity index (χ1n) is 7.33. The quantitative estimate of drug-likeness (QED) is 0.818. The molecule has 2 unspecified atom stereocenters. The Morgan fingerprint density at radius 3 is 2.39 bits per heavy atom. The molecule has 1 amide bonds. The average Bonchev–Trinajstić information content (AvgIpc) is 2.52. The van der Waals surface area contributed by atoms with Crippen LogP contribution in [0.3, 0.4) is 0 Å². The summed E-state index contributed by atoms with van der Waals surface area (Å²) in [5, 5.41) is 3.50. The number of carbonyl (C=O) groups excluding carboxylic acids is 1. The van der Waals surface area contributed by atoms with Crippen LogP contribution in [-0.4, -0.2) is 29.6 Å². The van der Waals surface area contributed by atoms with Crippen LogP contribution in [0.4, 0.5) is 0 Å². The van der Waals surface area contributed by atoms with Crippen molar-refractivity contribution in [3.8, 4) is 0 Å². The first-order chi connectivity index (χ1) is 8.26. The van der Waals surface area contributed by atoms with E-state index in [2.05, 4.69) is 51.8 Å². The SMILES string of the molecule is CCCC1NC(C(C)C)C(=O)N1CCC(C)(C)C. The van der Waals surface area contributed by atoms with Crippen molar-refractivity contribution >= 4 is 5.91 Å². The Hall–Kier alpha value is -0.570. The second-order valence-corrected chi connectivity index (χ2v) is 7.04. The molecule has 3 heteroatoms. The molecule has 106 valence electrons. The molecular formula is C15H30N2O. The Morgan fingerprint density at radius 1 is 1.33 bits per heavy atom. The monoisotopic (exact) mass is 254 g/mol. The van der Waals surface area contributed by atoms with Crippen LogP contribution in [0.25, 0.3) is 0 Å². The summed E-state index contributed by atoms with van der Waals surface area (Å²) < 4.78 is 0. The molecule has 1 saturated heterocycles. The van der Waals surface area contributed by atoms with Crippen LogP contribution >= 0.6 is 0 Å². The maximum absolute atomic E-state index is 12.4. The molecule has 0 saturated carbocycles. The normalized spacial score (nSPS) is 25.3. The topological polar surface area (TPSA) is 32.3 Å². The second kappa shape index (κ2) is 6.05. The van der Waals surface area contributed by atoms with Gasteiger partial charge < -0.3 is 4.90 Å². The lowest BCUT2D eigenvalue weighted by atomic mass is 9.92. The molecule has 1 heterocycles. The molecule has 1 rings (SSSR count). The van der Waals surface area contributed by atoms with E-state index in [9.17, 15) is 4.79 Å². The molecule has 0 radical (unpaired) electrons. The minimum absolute atomic E-state index is 0.0153. The van der Waals surface area contributed by atoms with Crippen molar-refractivity contribution < 1.29 is 4.79 Å². The fraction of sp³-hybridized carbons (Fsp3) is 0.933. The van der Waals surface area contributed by atoms with Gasteiger partial charge in [-0.15, -0.1) is 0 Å². The van der Waals surface area contributed by atoms with Crippen molar-refractivity contribution in [3.63, 3.8) is 0 Å². The molecule has 1 fully saturated rings. The van der Waals surface area contributed by atoms with Crippen LogP contribution in [0.15, 0.2) is 0 Å². The third-order valence-corrected chi connectivity index (χ3v) is 3.63. The van der Waals surface area contributed by atoms with Gasteiger partial charge >= 0.3 is 0 Å². The Balaban J connectivity index is 2.68. The van der Waals surface area contributed by atoms with Crippen LogP contribution < -0.4 is 5.32 Å². The molecular weight excluding hydrogens is 224 g/mol. The van der Waals surface area contributed by atoms with Crippen molar-refractivity contribution in [3.05, 3.63) is 0 Å². The highest BCUT2D eigenvalue weighted by Crippen LogP contribution is 2.24. The van der Waals surface area contributed by atoms with E-state index in [0.29, 0.717) is 11.8 Å². The number of amides is 1. The summed E-state index contributed by atoms with van der Waals surface area (Å²) in [6.45, 7) is 14.0. The highest BCUT2D eigenvalue weighted by Gasteiger charge is 2.39. The first-order valence-corrected chi connectivity index (χ1v) is 7.33. The number of rotatable bonds is 5. The van der Waals surface area contributed by atoms with Gasteiger partial charge in [-0.2, -0.15) is 0 Å². The van der Waals surface area contributed by atoms with E-state index in [-0.39, 0.29) is 17.6 Å². The summed E-state index contributed by atoms with van der Waals surface area (Å²) in [4.78, 5) is 14.5. The number of nitrogens with zero attached hydrogens (tertiary/aromatic N) is 1. The molecule has 3 nitrogen and oxygen atoms in total. The summed E-state index contributed by atoms with van der Waals surface area (Å²) in [5.41, 5.74) is 0.285. The number of carbonyl (C=O) groups is 1. The lowest BCUT2D eigenvalue weighted by molar-refractivity contribution is -0.131. The molecule has 2 atom stereocenters. The zero-order valence-corrected chi connectivity index (χ0v) is 12.9. The molecule has 0 bridgehead atoms. The third-order valence-electron chi connectivity index (χ3n) is 3.63. The minimum Gasteiger partial charge on any atom is -0.326 e. The van der Waals surface area contributed by atoms with Crippen LogP contribution in [0.2, 0.25) is 0 Å². The second-order valence-electron chi connectivity index (χ2n) is 7.04. The van der Waals surface area contributed by atoms with Gasteiger partial charge in [-0.1, -0.05) is 48.0 Å². The van der Waals surface area contributed by atoms with E-state index < -0.39 is 0 Å². The fourth-order valence-electron chi connectivity index (χ4n) is 2.41. The number of hydrogen-bond donors (Lipinski definition) is 1. The van der Waals surface area contributed by atoms with E-state index in [1.807, 2.05) is 0 Å². The predicted molar refractivity (Wildman–Crippen MR) is 76.2 cm³/mol. The molecule has 1 N–H and O–H groups in total. The summed E-state index contributed by atoms with van der Waals surface area (Å²) in [6.07, 6.45) is 3.48. The first kappa shape index (κ1) is 15.5. The summed E-state index contributed by atoms with van der Waals surface area (Å²) in [7, 11) is 0. The summed E-state index contributed by atoms with van der Waals surface area (Å²) in [6, 6.07) is 0.0153. The molecule has 0 aliphatic carbocycles. The number of nitrogens with one attached hydrogen (secondary N) is 1. The predicted octanol–water partition coefficient (Wildman–Crippen LogP) is 3.01. The zero-order valence-electron chi connectivity index (χ0n) is 12.9. The van der Waals surface area contributed by atoms with E-state index >= 15 is 0 Å². The van der Waals surface area contributed by atoms with Gasteiger partial charge in [0.1, 0.15) is 0 Å². The van der Waals surface area contributed by atoms with Crippen LogP contribution in [0, 0.1) is 11.3 Å². The minimum atomic E-state index is 0.0153. The molecule has 0 aromatic heterocycles. The van der Waals surface area contributed by atoms with Gasteiger partial charge in [-0.05, 0) is 24.2 Å². The molecule has 0 aromatic rings. The Bertz CT molecular complexity index is 281. The van der Waals surface area contributed by atoms with Gasteiger partial charge in [0.25, 0.3) is 0 Å². The van der Waals surface area contributed by atoms with Gasteiger partial charge in [0, 0.05) is 6.54 Å². The van der Waals surface area contributed by atoms with E-state index in [0.717, 1.165) is 25.8 Å². The highest BCUT2D eigenvalue weighted by molar-refractivity contribution is 5.84. The lowest BCUT2D eigenvalue weighted by Gasteiger charge is -2.27. The molecule has 1 aliphatic rings. The van der Waals surface area contributed by atoms with E-state index in [1.165, 1.54) is 0 Å². The van der Waals surface area contributed by atoms with Crippen molar-refractivity contribution in [1.29, 1.82) is 0 Å². The molecule has 1 aliphatic heterocycles. The molecule has 0 aromatic carbocycles. The maximum atomic E-state index is 12.4. The van der Waals surface area contributed by atoms with Crippen LogP contribution in [0.1, 0.15) is 60.8 Å². The average molecular weight is 254 g/mol. The Kier molecular flexibility index (Phi) is 5.20. The van der Waals surface area contributed by atoms with Gasteiger partial charge in [0.05, 0.1) is 12.2 Å². The Labute approximate surface area is 112 Å². The van der Waals surface area contributed by atoms with Crippen molar-refractivity contribution in [2.75, 3.05) is 6.54 Å². The van der Waals surface area contributed by atoms with Gasteiger partial charge in [-0.3, -0.25) is 10.1 Å². The maximum Gasteiger partial charge on any atom is 0.241 e. The Morgan fingerprint density at radius 2 is 1.94 bits per heavy atom. The van der Waals surface area contributed by atoms with E-state index in [1.54, 1.807) is 0 Å². The fourth-order valence-corrected chi connectivity index (χ4v) is 2.41. The van der Waals surface area contributed by atoms with Crippen molar-refractivity contribution in [2.24, 2.45) is 11.3 Å². The van der Waals surface area contributed by atoms with Gasteiger partial charge in [0.15, 0.2) is 0 Å². The zero-order chi connectivity index (χ0) is 13.9. The number of hydrogen-bond acceptors (Lipinski definition) is 2. The summed E-state index contributed by atoms with van der Waals surface area (Å²) in [5.74, 6) is 0.671. The van der Waals surface area contributed by atoms with Gasteiger partial charge in [-0.25, -0.2) is 0 Å². The highest BCUT2D eigenvalue weighted by atomic mass is 16.2. The lowest BCUT2D eigenvalue weighted by Crippen LogP contribution is -2.39. The summed E-state index contributed by atoms with van der Waals surface area (Å²) >= 11 is 0. The molecule has 0 spiro atoms. The largest absolute Gasteiger partial charge is 0.326 e. The molecule has 18 heavy (non-hydrogen) atoms. The van der Waals surface area contributed by atoms with Crippen molar-refractivity contribution in [1.82, 2.24) is 10.2 Å². The smallest absolute Gasteiger partial charge is 0.241 e. The van der Waals surface area contributed by atoms with E-state index in [4.69, 9.17) is 0 Å². The van der Waals surface area contributed by atoms with Crippen LogP contribution in [-0.2, 0) is 4.79 Å².